The fourth-order valence-electron chi connectivity index (χ4n) is 12.1. The van der Waals surface area contributed by atoms with Gasteiger partial charge < -0.3 is 85.3 Å². The standard InChI is InChI=1S/C95H112O18/c1-96-41-42-97-43-44-98-45-46-99-47-48-100-49-50-101-51-52-102-53-54-103-55-56-104-57-58-105-59-60-106-61-62-107-63-64-108-65-66-109-67-68-110-69-70-111-71-72-112-73-74-113-95-93(90-37-33-87(34-38-90)84-25-19-81(20-26-84)78-13-7-3-8-14-78)75-92(89-31-29-86(30-32-89)83-23-17-80(18-24-83)77-11-5-2-6-12-77)76-94(95)91-39-35-88(36-40-91)85-27-21-82(22-28-85)79-15-9-4-10-16-79/h2-40,75-76H,41-74H2,1H3. The van der Waals surface area contributed by atoms with Crippen molar-refractivity contribution < 1.29 is 85.3 Å². The van der Waals surface area contributed by atoms with Gasteiger partial charge in [0, 0.05) is 18.2 Å². The third kappa shape index (κ3) is 32.6. The molecule has 0 spiro atoms. The van der Waals surface area contributed by atoms with E-state index >= 15 is 0 Å². The van der Waals surface area contributed by atoms with Gasteiger partial charge in [0.2, 0.25) is 0 Å². The molecule has 0 saturated carbocycles. The fraction of sp³-hybridized carbons (Fsp3) is 0.368. The maximum atomic E-state index is 6.98. The van der Waals surface area contributed by atoms with E-state index in [1.165, 1.54) is 33.4 Å². The molecule has 10 aromatic carbocycles. The predicted octanol–water partition coefficient (Wildman–Crippen LogP) is 17.0. The van der Waals surface area contributed by atoms with Gasteiger partial charge in [0.25, 0.3) is 0 Å². The van der Waals surface area contributed by atoms with Crippen molar-refractivity contribution in [1.29, 1.82) is 0 Å². The second-order valence-electron chi connectivity index (χ2n) is 26.1. The molecule has 18 heteroatoms. The van der Waals surface area contributed by atoms with Crippen LogP contribution in [-0.4, -0.2) is 232 Å². The number of hydrogen-bond donors (Lipinski definition) is 0. The second kappa shape index (κ2) is 54.2. The van der Waals surface area contributed by atoms with Crippen LogP contribution in [0.15, 0.2) is 249 Å². The Hall–Kier alpha value is -8.68. The molecule has 0 unspecified atom stereocenters. The highest BCUT2D eigenvalue weighted by atomic mass is 16.6. The van der Waals surface area contributed by atoms with E-state index in [0.29, 0.717) is 225 Å². The minimum Gasteiger partial charge on any atom is -0.490 e. The van der Waals surface area contributed by atoms with Gasteiger partial charge >= 0.3 is 0 Å². The normalized spacial score (nSPS) is 11.4. The largest absolute Gasteiger partial charge is 0.490 e. The van der Waals surface area contributed by atoms with Gasteiger partial charge in [0.15, 0.2) is 0 Å². The lowest BCUT2D eigenvalue weighted by Crippen LogP contribution is -2.16. The zero-order chi connectivity index (χ0) is 77.7. The maximum absolute atomic E-state index is 6.98. The SMILES string of the molecule is COCCOCCOCCOCCOCCOCCOCCOCCOCCOCCOCCOCCOCCOCCOCCOCCOCCOc1c(-c2ccc(-c3ccc(-c4ccccc4)cc3)cc2)cc(-c2ccc(-c3ccc(-c4ccccc4)cc3)cc2)cc1-c1ccc(-c2ccc(-c3ccccc3)cc2)cc1. The van der Waals surface area contributed by atoms with Crippen LogP contribution >= 0.6 is 0 Å². The summed E-state index contributed by atoms with van der Waals surface area (Å²) in [4.78, 5) is 0. The molecule has 0 fully saturated rings. The van der Waals surface area contributed by atoms with E-state index in [-0.39, 0.29) is 0 Å². The molecule has 10 aromatic rings. The summed E-state index contributed by atoms with van der Waals surface area (Å²) in [6.07, 6.45) is 0. The van der Waals surface area contributed by atoms with Gasteiger partial charge in [0.05, 0.1) is 218 Å². The van der Waals surface area contributed by atoms with E-state index in [4.69, 9.17) is 85.3 Å². The number of hydrogen-bond acceptors (Lipinski definition) is 18. The highest BCUT2D eigenvalue weighted by Gasteiger charge is 2.19. The van der Waals surface area contributed by atoms with Gasteiger partial charge in [-0.2, -0.15) is 0 Å². The van der Waals surface area contributed by atoms with Gasteiger partial charge in [-0.15, -0.1) is 0 Å². The summed E-state index contributed by atoms with van der Waals surface area (Å²) in [7, 11) is 1.65. The lowest BCUT2D eigenvalue weighted by Gasteiger charge is -2.20. The first kappa shape index (κ1) is 86.7. The molecule has 0 aliphatic heterocycles. The Morgan fingerprint density at radius 2 is 0.283 bits per heavy atom. The van der Waals surface area contributed by atoms with Gasteiger partial charge in [0.1, 0.15) is 12.4 Å². The lowest BCUT2D eigenvalue weighted by molar-refractivity contribution is -0.0306. The topological polar surface area (TPSA) is 166 Å². The first-order valence-electron chi connectivity index (χ1n) is 39.5. The summed E-state index contributed by atoms with van der Waals surface area (Å²) >= 11 is 0. The van der Waals surface area contributed by atoms with Gasteiger partial charge in [-0.05, 0) is 101 Å². The van der Waals surface area contributed by atoms with E-state index in [9.17, 15) is 0 Å². The molecule has 10 rings (SSSR count). The number of benzene rings is 10. The van der Waals surface area contributed by atoms with Crippen molar-refractivity contribution in [2.24, 2.45) is 0 Å². The summed E-state index contributed by atoms with van der Waals surface area (Å²) in [6.45, 7) is 16.3. The van der Waals surface area contributed by atoms with Gasteiger partial charge in [-0.25, -0.2) is 0 Å². The first-order chi connectivity index (χ1) is 56.2. The van der Waals surface area contributed by atoms with Crippen LogP contribution in [0.5, 0.6) is 5.75 Å². The zero-order valence-electron chi connectivity index (χ0n) is 65.6. The molecule has 0 radical (unpaired) electrons. The highest BCUT2D eigenvalue weighted by molar-refractivity contribution is 5.90. The van der Waals surface area contributed by atoms with Crippen molar-refractivity contribution in [2.75, 3.05) is 232 Å². The molecule has 0 bridgehead atoms. The third-order valence-electron chi connectivity index (χ3n) is 18.2. The first-order valence-corrected chi connectivity index (χ1v) is 39.5. The highest BCUT2D eigenvalue weighted by Crippen LogP contribution is 2.44. The minimum absolute atomic E-state index is 0.322. The molecule has 600 valence electrons. The van der Waals surface area contributed by atoms with Crippen LogP contribution in [0.4, 0.5) is 0 Å². The van der Waals surface area contributed by atoms with E-state index in [0.717, 1.165) is 72.5 Å². The van der Waals surface area contributed by atoms with E-state index in [1.54, 1.807) is 7.11 Å². The molecule has 0 amide bonds. The summed E-state index contributed by atoms with van der Waals surface area (Å²) in [5, 5.41) is 0. The lowest BCUT2D eigenvalue weighted by atomic mass is 9.90. The molecule has 0 atom stereocenters. The Bertz CT molecular complexity index is 3910. The van der Waals surface area contributed by atoms with Crippen LogP contribution in [0.1, 0.15) is 0 Å². The quantitative estimate of drug-likeness (QED) is 0.0330. The van der Waals surface area contributed by atoms with E-state index in [1.807, 2.05) is 12.1 Å². The Balaban J connectivity index is 0.580. The monoisotopic (exact) mass is 1540 g/mol. The van der Waals surface area contributed by atoms with Crippen molar-refractivity contribution in [2.45, 2.75) is 0 Å². The van der Waals surface area contributed by atoms with Crippen LogP contribution in [-0.2, 0) is 80.5 Å². The van der Waals surface area contributed by atoms with Crippen LogP contribution in [0.25, 0.3) is 100 Å². The summed E-state index contributed by atoms with van der Waals surface area (Å²) in [5.41, 5.74) is 20.2. The molecule has 0 heterocycles. The Kier molecular flexibility index (Phi) is 41.6. The Morgan fingerprint density at radius 1 is 0.142 bits per heavy atom. The molecular formula is C95H112O18. The minimum atomic E-state index is 0.322. The van der Waals surface area contributed by atoms with Crippen LogP contribution < -0.4 is 4.74 Å². The molecule has 0 N–H and O–H groups in total. The van der Waals surface area contributed by atoms with Crippen molar-refractivity contribution in [3.05, 3.63) is 249 Å². The van der Waals surface area contributed by atoms with Crippen LogP contribution in [0, 0.1) is 0 Å². The Morgan fingerprint density at radius 3 is 0.460 bits per heavy atom. The third-order valence-corrected chi connectivity index (χ3v) is 18.2. The second-order valence-corrected chi connectivity index (χ2v) is 26.1. The van der Waals surface area contributed by atoms with Crippen molar-refractivity contribution in [1.82, 2.24) is 0 Å². The molecule has 18 nitrogen and oxygen atoms in total. The van der Waals surface area contributed by atoms with Crippen LogP contribution in [0.2, 0.25) is 0 Å². The number of ether oxygens (including phenoxy) is 18. The van der Waals surface area contributed by atoms with Crippen molar-refractivity contribution in [3.8, 4) is 106 Å². The van der Waals surface area contributed by atoms with Crippen molar-refractivity contribution in [3.63, 3.8) is 0 Å². The zero-order valence-corrected chi connectivity index (χ0v) is 65.6. The van der Waals surface area contributed by atoms with E-state index in [2.05, 4.69) is 237 Å². The molecule has 0 aliphatic rings. The summed E-state index contributed by atoms with van der Waals surface area (Å²) in [5.74, 6) is 0.782. The molecule has 0 aromatic heterocycles. The average molecular weight is 1540 g/mol. The molecule has 113 heavy (non-hydrogen) atoms. The predicted molar refractivity (Wildman–Crippen MR) is 446 cm³/mol. The molecular weight excluding hydrogens is 1430 g/mol. The van der Waals surface area contributed by atoms with E-state index < -0.39 is 0 Å². The van der Waals surface area contributed by atoms with Crippen molar-refractivity contribution >= 4 is 0 Å². The smallest absolute Gasteiger partial charge is 0.135 e. The van der Waals surface area contributed by atoms with Gasteiger partial charge in [-0.3, -0.25) is 0 Å². The number of methoxy groups -OCH3 is 1. The fourth-order valence-corrected chi connectivity index (χ4v) is 12.1. The summed E-state index contributed by atoms with van der Waals surface area (Å²) < 4.78 is 102. The summed E-state index contributed by atoms with van der Waals surface area (Å²) in [6, 6.07) is 89.0. The number of rotatable bonds is 61. The molecule has 0 aliphatic carbocycles. The van der Waals surface area contributed by atoms with Gasteiger partial charge in [-0.1, -0.05) is 237 Å². The maximum Gasteiger partial charge on any atom is 0.135 e. The van der Waals surface area contributed by atoms with Crippen LogP contribution in [0.3, 0.4) is 0 Å². The average Bonchev–Trinajstić information content (AvgIpc) is 0.770. The molecule has 0 saturated heterocycles. The Labute approximate surface area is 668 Å².